The third kappa shape index (κ3) is 9.98. The first kappa shape index (κ1) is 15.4. The minimum atomic E-state index is -0.138. The second-order valence-corrected chi connectivity index (χ2v) is 5.26. The van der Waals surface area contributed by atoms with Crippen molar-refractivity contribution in [3.05, 3.63) is 0 Å². The predicted octanol–water partition coefficient (Wildman–Crippen LogP) is 3.88. The number of nitriles is 1. The van der Waals surface area contributed by atoms with Crippen LogP contribution in [0.15, 0.2) is 0 Å². The Labute approximate surface area is 101 Å². The molecule has 1 N–H and O–H groups in total. The number of rotatable bonds is 10. The van der Waals surface area contributed by atoms with Gasteiger partial charge in [0.15, 0.2) is 0 Å². The number of hydrogen-bond acceptors (Lipinski definition) is 2. The highest BCUT2D eigenvalue weighted by atomic mass is 14.8. The first-order chi connectivity index (χ1) is 7.62. The monoisotopic (exact) mass is 224 g/mol. The smallest absolute Gasteiger partial charge is 0.0683 e. The summed E-state index contributed by atoms with van der Waals surface area (Å²) in [6.45, 7) is 8.54. The van der Waals surface area contributed by atoms with Gasteiger partial charge in [-0.15, -0.1) is 0 Å². The van der Waals surface area contributed by atoms with Crippen molar-refractivity contribution < 1.29 is 0 Å². The fraction of sp³-hybridized carbons (Fsp3) is 0.929. The number of hydrogen-bond donors (Lipinski definition) is 1. The molecule has 94 valence electrons. The molecule has 0 fully saturated rings. The molecule has 0 bridgehead atoms. The molecule has 0 atom stereocenters. The van der Waals surface area contributed by atoms with Crippen LogP contribution in [0.2, 0.25) is 0 Å². The molecule has 0 unspecified atom stereocenters. The van der Waals surface area contributed by atoms with Gasteiger partial charge in [0.1, 0.15) is 0 Å². The number of nitrogens with zero attached hydrogens (tertiary/aromatic N) is 1. The van der Waals surface area contributed by atoms with Gasteiger partial charge in [-0.2, -0.15) is 5.26 Å². The van der Waals surface area contributed by atoms with E-state index in [4.69, 9.17) is 5.26 Å². The van der Waals surface area contributed by atoms with Crippen LogP contribution in [0.5, 0.6) is 0 Å². The summed E-state index contributed by atoms with van der Waals surface area (Å²) < 4.78 is 0. The van der Waals surface area contributed by atoms with Gasteiger partial charge in [-0.05, 0) is 46.2 Å². The highest BCUT2D eigenvalue weighted by molar-refractivity contribution is 4.91. The maximum atomic E-state index is 8.85. The molecule has 0 saturated carbocycles. The van der Waals surface area contributed by atoms with Crippen LogP contribution >= 0.6 is 0 Å². The van der Waals surface area contributed by atoms with Crippen LogP contribution in [-0.4, -0.2) is 13.1 Å². The van der Waals surface area contributed by atoms with E-state index < -0.39 is 0 Å². The average Bonchev–Trinajstić information content (AvgIpc) is 2.27. The van der Waals surface area contributed by atoms with Crippen molar-refractivity contribution in [1.29, 1.82) is 5.26 Å². The summed E-state index contributed by atoms with van der Waals surface area (Å²) in [5, 5.41) is 12.3. The van der Waals surface area contributed by atoms with Crippen molar-refractivity contribution in [2.24, 2.45) is 5.41 Å². The Bertz CT molecular complexity index is 191. The summed E-state index contributed by atoms with van der Waals surface area (Å²) in [5.74, 6) is 0. The molecule has 0 rings (SSSR count). The van der Waals surface area contributed by atoms with Gasteiger partial charge in [0.25, 0.3) is 0 Å². The van der Waals surface area contributed by atoms with E-state index in [-0.39, 0.29) is 5.41 Å². The van der Waals surface area contributed by atoms with Crippen molar-refractivity contribution in [1.82, 2.24) is 5.32 Å². The van der Waals surface area contributed by atoms with E-state index in [2.05, 4.69) is 18.3 Å². The molecule has 0 aromatic carbocycles. The summed E-state index contributed by atoms with van der Waals surface area (Å²) in [4.78, 5) is 0. The number of unbranched alkanes of at least 4 members (excludes halogenated alkanes) is 4. The Morgan fingerprint density at radius 1 is 1.00 bits per heavy atom. The molecule has 0 aliphatic heterocycles. The van der Waals surface area contributed by atoms with E-state index in [1.165, 1.54) is 32.1 Å². The molecule has 2 nitrogen and oxygen atoms in total. The zero-order valence-electron chi connectivity index (χ0n) is 11.3. The largest absolute Gasteiger partial charge is 0.317 e. The van der Waals surface area contributed by atoms with Gasteiger partial charge in [0.2, 0.25) is 0 Å². The third-order valence-electron chi connectivity index (χ3n) is 2.92. The van der Waals surface area contributed by atoms with Gasteiger partial charge >= 0.3 is 0 Å². The first-order valence-corrected chi connectivity index (χ1v) is 6.74. The molecular formula is C14H28N2. The van der Waals surface area contributed by atoms with Crippen LogP contribution in [0.1, 0.15) is 65.7 Å². The van der Waals surface area contributed by atoms with Crippen LogP contribution in [-0.2, 0) is 0 Å². The minimum absolute atomic E-state index is 0.138. The fourth-order valence-electron chi connectivity index (χ4n) is 1.67. The summed E-state index contributed by atoms with van der Waals surface area (Å²) >= 11 is 0. The number of nitrogens with one attached hydrogen (secondary N) is 1. The van der Waals surface area contributed by atoms with Crippen molar-refractivity contribution in [2.75, 3.05) is 13.1 Å². The van der Waals surface area contributed by atoms with Crippen LogP contribution in [0.25, 0.3) is 0 Å². The van der Waals surface area contributed by atoms with E-state index in [0.29, 0.717) is 0 Å². The maximum absolute atomic E-state index is 8.85. The zero-order valence-corrected chi connectivity index (χ0v) is 11.3. The lowest BCUT2D eigenvalue weighted by molar-refractivity contribution is 0.422. The van der Waals surface area contributed by atoms with E-state index in [1.54, 1.807) is 0 Å². The van der Waals surface area contributed by atoms with Gasteiger partial charge in [-0.1, -0.05) is 32.6 Å². The summed E-state index contributed by atoms with van der Waals surface area (Å²) in [5.41, 5.74) is -0.138. The average molecular weight is 224 g/mol. The van der Waals surface area contributed by atoms with E-state index in [0.717, 1.165) is 25.9 Å². The zero-order chi connectivity index (χ0) is 12.3. The lowest BCUT2D eigenvalue weighted by Crippen LogP contribution is -2.17. The molecule has 0 aromatic heterocycles. The fourth-order valence-corrected chi connectivity index (χ4v) is 1.67. The molecule has 0 aliphatic carbocycles. The van der Waals surface area contributed by atoms with Gasteiger partial charge < -0.3 is 5.32 Å². The van der Waals surface area contributed by atoms with Crippen LogP contribution in [0.4, 0.5) is 0 Å². The molecule has 0 saturated heterocycles. The molecule has 0 aliphatic rings. The quantitative estimate of drug-likeness (QED) is 0.572. The van der Waals surface area contributed by atoms with E-state index in [9.17, 15) is 0 Å². The highest BCUT2D eigenvalue weighted by Crippen LogP contribution is 2.21. The lowest BCUT2D eigenvalue weighted by atomic mass is 9.89. The van der Waals surface area contributed by atoms with Crippen molar-refractivity contribution in [3.63, 3.8) is 0 Å². The van der Waals surface area contributed by atoms with Gasteiger partial charge in [0.05, 0.1) is 11.5 Å². The first-order valence-electron chi connectivity index (χ1n) is 6.74. The Kier molecular flexibility index (Phi) is 9.33. The van der Waals surface area contributed by atoms with Crippen molar-refractivity contribution in [2.45, 2.75) is 65.7 Å². The van der Waals surface area contributed by atoms with Crippen molar-refractivity contribution >= 4 is 0 Å². The second-order valence-electron chi connectivity index (χ2n) is 5.26. The summed E-state index contributed by atoms with van der Waals surface area (Å²) in [6.07, 6.45) is 8.69. The predicted molar refractivity (Wildman–Crippen MR) is 70.3 cm³/mol. The molecule has 0 radical (unpaired) electrons. The topological polar surface area (TPSA) is 35.8 Å². The lowest BCUT2D eigenvalue weighted by Gasteiger charge is -2.14. The normalized spacial score (nSPS) is 11.4. The minimum Gasteiger partial charge on any atom is -0.317 e. The molecule has 2 heteroatoms. The van der Waals surface area contributed by atoms with Crippen LogP contribution < -0.4 is 5.32 Å². The van der Waals surface area contributed by atoms with Gasteiger partial charge in [0, 0.05) is 0 Å². The second kappa shape index (κ2) is 9.66. The van der Waals surface area contributed by atoms with E-state index >= 15 is 0 Å². The standard InChI is InChI=1S/C14H28N2/c1-4-5-6-8-11-16-12-9-7-10-14(2,3)13-15/h16H,4-12H2,1-3H3. The highest BCUT2D eigenvalue weighted by Gasteiger charge is 2.14. The third-order valence-corrected chi connectivity index (χ3v) is 2.92. The Morgan fingerprint density at radius 3 is 2.19 bits per heavy atom. The molecule has 0 spiro atoms. The molecule has 0 amide bonds. The molecule has 16 heavy (non-hydrogen) atoms. The Balaban J connectivity index is 3.14. The van der Waals surface area contributed by atoms with Gasteiger partial charge in [-0.25, -0.2) is 0 Å². The Morgan fingerprint density at radius 2 is 1.62 bits per heavy atom. The molecular weight excluding hydrogens is 196 g/mol. The Hall–Kier alpha value is -0.550. The molecule has 0 heterocycles. The van der Waals surface area contributed by atoms with Gasteiger partial charge in [-0.3, -0.25) is 0 Å². The summed E-state index contributed by atoms with van der Waals surface area (Å²) in [7, 11) is 0. The van der Waals surface area contributed by atoms with Crippen molar-refractivity contribution in [3.8, 4) is 6.07 Å². The maximum Gasteiger partial charge on any atom is 0.0683 e. The summed E-state index contributed by atoms with van der Waals surface area (Å²) in [6, 6.07) is 2.35. The molecule has 0 aromatic rings. The van der Waals surface area contributed by atoms with Crippen LogP contribution in [0.3, 0.4) is 0 Å². The van der Waals surface area contributed by atoms with E-state index in [1.807, 2.05) is 13.8 Å². The van der Waals surface area contributed by atoms with Crippen LogP contribution in [0, 0.1) is 16.7 Å². The SMILES string of the molecule is CCCCCCNCCCCC(C)(C)C#N.